The molecule has 0 aromatic heterocycles. The first kappa shape index (κ1) is 22.3. The highest BCUT2D eigenvalue weighted by Gasteiger charge is 2.27. The molecule has 2 aromatic carbocycles. The molecule has 0 radical (unpaired) electrons. The summed E-state index contributed by atoms with van der Waals surface area (Å²) in [5.41, 5.74) is 1.48. The van der Waals surface area contributed by atoms with Crippen molar-refractivity contribution < 1.29 is 13.2 Å². The average Bonchev–Trinajstić information content (AvgIpc) is 2.73. The van der Waals surface area contributed by atoms with Gasteiger partial charge in [0.15, 0.2) is 0 Å². The van der Waals surface area contributed by atoms with Gasteiger partial charge in [0, 0.05) is 32.7 Å². The first-order valence-electron chi connectivity index (χ1n) is 9.78. The fourth-order valence-electron chi connectivity index (χ4n) is 3.34. The smallest absolute Gasteiger partial charge is 0.243 e. The Morgan fingerprint density at radius 2 is 1.67 bits per heavy atom. The van der Waals surface area contributed by atoms with Crippen molar-refractivity contribution in [1.82, 2.24) is 9.80 Å². The maximum atomic E-state index is 12.8. The lowest BCUT2D eigenvalue weighted by atomic mass is 10.2. The van der Waals surface area contributed by atoms with Gasteiger partial charge in [-0.05, 0) is 17.7 Å². The number of sulfonamides is 1. The van der Waals surface area contributed by atoms with Gasteiger partial charge < -0.3 is 4.90 Å². The van der Waals surface area contributed by atoms with E-state index in [0.29, 0.717) is 23.8 Å². The molecule has 1 amide bonds. The summed E-state index contributed by atoms with van der Waals surface area (Å²) in [6.45, 7) is 3.18. The largest absolute Gasteiger partial charge is 0.339 e. The number of halogens is 1. The number of benzene rings is 2. The number of carbonyl (C=O) groups excluding carboxylic acids is 1. The molecule has 1 saturated heterocycles. The molecule has 3 rings (SSSR count). The van der Waals surface area contributed by atoms with Crippen molar-refractivity contribution in [2.24, 2.45) is 0 Å². The second-order valence-corrected chi connectivity index (χ2v) is 9.53. The number of para-hydroxylation sites is 1. The minimum absolute atomic E-state index is 0.222. The Balaban J connectivity index is 1.55. The predicted octanol–water partition coefficient (Wildman–Crippen LogP) is 2.96. The van der Waals surface area contributed by atoms with Crippen molar-refractivity contribution in [2.45, 2.75) is 0 Å². The van der Waals surface area contributed by atoms with E-state index in [1.165, 1.54) is 0 Å². The van der Waals surface area contributed by atoms with E-state index in [4.69, 9.17) is 11.6 Å². The van der Waals surface area contributed by atoms with E-state index >= 15 is 0 Å². The van der Waals surface area contributed by atoms with Gasteiger partial charge >= 0.3 is 0 Å². The van der Waals surface area contributed by atoms with Crippen LogP contribution in [-0.2, 0) is 14.8 Å². The number of amides is 1. The number of hydrogen-bond donors (Lipinski definition) is 0. The number of rotatable bonds is 7. The van der Waals surface area contributed by atoms with Gasteiger partial charge in [-0.3, -0.25) is 14.0 Å². The molecule has 30 heavy (non-hydrogen) atoms. The van der Waals surface area contributed by atoms with Crippen LogP contribution in [0.5, 0.6) is 0 Å². The Bertz CT molecular complexity index is 988. The molecule has 1 aliphatic heterocycles. The van der Waals surface area contributed by atoms with Gasteiger partial charge in [-0.1, -0.05) is 66.2 Å². The standard InChI is InChI=1S/C22H26ClN3O3S/c1-30(28,29)26(21-12-6-5-11-20(21)23)18-22(27)25-16-14-24(15-17-25)13-7-10-19-8-3-2-4-9-19/h2-12H,13-18H2,1H3/b10-7+. The van der Waals surface area contributed by atoms with Crippen LogP contribution < -0.4 is 4.31 Å². The number of nitrogens with zero attached hydrogens (tertiary/aromatic N) is 3. The predicted molar refractivity (Wildman–Crippen MR) is 122 cm³/mol. The van der Waals surface area contributed by atoms with Crippen LogP contribution >= 0.6 is 11.6 Å². The zero-order valence-corrected chi connectivity index (χ0v) is 18.5. The van der Waals surface area contributed by atoms with E-state index in [-0.39, 0.29) is 12.5 Å². The zero-order chi connectivity index (χ0) is 21.6. The van der Waals surface area contributed by atoms with Gasteiger partial charge in [0.2, 0.25) is 15.9 Å². The Morgan fingerprint density at radius 3 is 2.30 bits per heavy atom. The third-order valence-electron chi connectivity index (χ3n) is 5.00. The summed E-state index contributed by atoms with van der Waals surface area (Å²) in [6.07, 6.45) is 5.29. The lowest BCUT2D eigenvalue weighted by Gasteiger charge is -2.35. The van der Waals surface area contributed by atoms with Gasteiger partial charge in [-0.15, -0.1) is 0 Å². The monoisotopic (exact) mass is 447 g/mol. The van der Waals surface area contributed by atoms with Gasteiger partial charge in [0.25, 0.3) is 0 Å². The SMILES string of the molecule is CS(=O)(=O)N(CC(=O)N1CCN(C/C=C/c2ccccc2)CC1)c1ccccc1Cl. The molecule has 0 atom stereocenters. The van der Waals surface area contributed by atoms with Gasteiger partial charge in [0.1, 0.15) is 6.54 Å². The zero-order valence-electron chi connectivity index (χ0n) is 16.9. The highest BCUT2D eigenvalue weighted by Crippen LogP contribution is 2.27. The van der Waals surface area contributed by atoms with Crippen LogP contribution in [0.25, 0.3) is 6.08 Å². The van der Waals surface area contributed by atoms with Crippen LogP contribution in [0.3, 0.4) is 0 Å². The minimum atomic E-state index is -3.64. The second-order valence-electron chi connectivity index (χ2n) is 7.22. The molecule has 160 valence electrons. The van der Waals surface area contributed by atoms with E-state index in [2.05, 4.69) is 29.2 Å². The van der Waals surface area contributed by atoms with E-state index < -0.39 is 10.0 Å². The second kappa shape index (κ2) is 10.1. The van der Waals surface area contributed by atoms with E-state index in [0.717, 1.165) is 35.8 Å². The van der Waals surface area contributed by atoms with Crippen LogP contribution in [0.2, 0.25) is 5.02 Å². The molecule has 0 N–H and O–H groups in total. The first-order valence-corrected chi connectivity index (χ1v) is 12.0. The molecule has 1 aliphatic rings. The Kier molecular flexibility index (Phi) is 7.53. The number of anilines is 1. The topological polar surface area (TPSA) is 60.9 Å². The van der Waals surface area contributed by atoms with Crippen LogP contribution in [0.15, 0.2) is 60.7 Å². The van der Waals surface area contributed by atoms with E-state index in [1.54, 1.807) is 29.2 Å². The maximum absolute atomic E-state index is 12.8. The summed E-state index contributed by atoms with van der Waals surface area (Å²) in [6, 6.07) is 16.8. The number of hydrogen-bond acceptors (Lipinski definition) is 4. The average molecular weight is 448 g/mol. The van der Waals surface area contributed by atoms with Crippen LogP contribution in [0, 0.1) is 0 Å². The molecule has 0 aliphatic carbocycles. The van der Waals surface area contributed by atoms with Crippen molar-refractivity contribution in [3.63, 3.8) is 0 Å². The number of carbonyl (C=O) groups is 1. The molecular formula is C22H26ClN3O3S. The van der Waals surface area contributed by atoms with Crippen molar-refractivity contribution in [3.05, 3.63) is 71.3 Å². The lowest BCUT2D eigenvalue weighted by molar-refractivity contribution is -0.131. The number of piperazine rings is 1. The van der Waals surface area contributed by atoms with Gasteiger partial charge in [0.05, 0.1) is 17.0 Å². The van der Waals surface area contributed by atoms with E-state index in [9.17, 15) is 13.2 Å². The van der Waals surface area contributed by atoms with Crippen LogP contribution in [0.4, 0.5) is 5.69 Å². The van der Waals surface area contributed by atoms with Crippen molar-refractivity contribution >= 4 is 39.3 Å². The van der Waals surface area contributed by atoms with Crippen LogP contribution in [-0.4, -0.2) is 69.6 Å². The molecule has 8 heteroatoms. The molecular weight excluding hydrogens is 422 g/mol. The van der Waals surface area contributed by atoms with Crippen molar-refractivity contribution in [1.29, 1.82) is 0 Å². The summed E-state index contributed by atoms with van der Waals surface area (Å²) in [5.74, 6) is -0.222. The van der Waals surface area contributed by atoms with Crippen molar-refractivity contribution in [3.8, 4) is 0 Å². The Labute approximate surface area is 183 Å². The molecule has 2 aromatic rings. The minimum Gasteiger partial charge on any atom is -0.339 e. The highest BCUT2D eigenvalue weighted by molar-refractivity contribution is 7.92. The normalized spacial score (nSPS) is 15.5. The molecule has 0 saturated carbocycles. The van der Waals surface area contributed by atoms with Gasteiger partial charge in [-0.25, -0.2) is 8.42 Å². The Hall–Kier alpha value is -2.35. The molecule has 0 bridgehead atoms. The van der Waals surface area contributed by atoms with E-state index in [1.807, 2.05) is 18.2 Å². The quantitative estimate of drug-likeness (QED) is 0.654. The third-order valence-corrected chi connectivity index (χ3v) is 6.44. The fourth-order valence-corrected chi connectivity index (χ4v) is 4.49. The maximum Gasteiger partial charge on any atom is 0.243 e. The van der Waals surface area contributed by atoms with Gasteiger partial charge in [-0.2, -0.15) is 0 Å². The summed E-state index contributed by atoms with van der Waals surface area (Å²) >= 11 is 6.16. The Morgan fingerprint density at radius 1 is 1.03 bits per heavy atom. The summed E-state index contributed by atoms with van der Waals surface area (Å²) in [7, 11) is -3.64. The molecule has 1 heterocycles. The molecule has 0 spiro atoms. The lowest BCUT2D eigenvalue weighted by Crippen LogP contribution is -2.51. The molecule has 1 fully saturated rings. The summed E-state index contributed by atoms with van der Waals surface area (Å²) in [4.78, 5) is 16.8. The molecule has 0 unspecified atom stereocenters. The van der Waals surface area contributed by atoms with Crippen molar-refractivity contribution in [2.75, 3.05) is 49.8 Å². The summed E-state index contributed by atoms with van der Waals surface area (Å²) in [5, 5.41) is 0.297. The summed E-state index contributed by atoms with van der Waals surface area (Å²) < 4.78 is 25.6. The first-order chi connectivity index (χ1) is 14.3. The fraction of sp³-hybridized carbons (Fsp3) is 0.318. The highest BCUT2D eigenvalue weighted by atomic mass is 35.5. The van der Waals surface area contributed by atoms with Crippen LogP contribution in [0.1, 0.15) is 5.56 Å². The molecule has 6 nitrogen and oxygen atoms in total. The third kappa shape index (κ3) is 6.08.